The number of hydrogen-bond acceptors (Lipinski definition) is 11. The number of phenolic OH excluding ortho intramolecular Hbond substituents is 4. The van der Waals surface area contributed by atoms with E-state index in [9.17, 15) is 45.6 Å². The lowest BCUT2D eigenvalue weighted by atomic mass is 9.98. The number of aliphatic hydroxyl groups excluding tert-OH is 4. The Hall–Kier alpha value is -3.09. The third-order valence-corrected chi connectivity index (χ3v) is 4.61. The summed E-state index contributed by atoms with van der Waals surface area (Å²) in [4.78, 5) is 12.9. The highest BCUT2D eigenvalue weighted by atomic mass is 16.7. The van der Waals surface area contributed by atoms with Crippen molar-refractivity contribution in [2.45, 2.75) is 30.7 Å². The molecule has 11 nitrogen and oxygen atoms in total. The minimum absolute atomic E-state index is 0.269. The normalized spacial score (nSPS) is 26.3. The Morgan fingerprint density at radius 3 is 2.13 bits per heavy atom. The summed E-state index contributed by atoms with van der Waals surface area (Å²) < 4.78 is 10.7. The first-order valence-electron chi connectivity index (χ1n) is 8.73. The minimum Gasteiger partial charge on any atom is -0.508 e. The second kappa shape index (κ2) is 8.34. The second-order valence-corrected chi connectivity index (χ2v) is 6.68. The summed E-state index contributed by atoms with van der Waals surface area (Å²) in [6, 6.07) is 4.90. The van der Waals surface area contributed by atoms with E-state index in [1.165, 1.54) is 0 Å². The van der Waals surface area contributed by atoms with Crippen molar-refractivity contribution >= 4 is 5.78 Å². The molecule has 0 saturated carbocycles. The molecule has 0 bridgehead atoms. The highest BCUT2D eigenvalue weighted by Crippen LogP contribution is 2.37. The Morgan fingerprint density at radius 1 is 0.900 bits per heavy atom. The smallest absolute Gasteiger partial charge is 0.229 e. The van der Waals surface area contributed by atoms with Crippen LogP contribution in [0.25, 0.3) is 0 Å². The summed E-state index contributed by atoms with van der Waals surface area (Å²) in [6.07, 6.45) is -7.96. The zero-order chi connectivity index (χ0) is 22.2. The molecule has 1 aliphatic heterocycles. The van der Waals surface area contributed by atoms with E-state index in [1.807, 2.05) is 0 Å². The van der Waals surface area contributed by atoms with Gasteiger partial charge in [0.2, 0.25) is 12.1 Å². The molecule has 0 spiro atoms. The molecule has 1 saturated heterocycles. The molecule has 1 fully saturated rings. The van der Waals surface area contributed by atoms with Crippen molar-refractivity contribution in [2.24, 2.45) is 0 Å². The summed E-state index contributed by atoms with van der Waals surface area (Å²) >= 11 is 0. The van der Waals surface area contributed by atoms with Gasteiger partial charge in [-0.1, -0.05) is 0 Å². The molecule has 0 aromatic heterocycles. The zero-order valence-electron chi connectivity index (χ0n) is 15.3. The first kappa shape index (κ1) is 21.6. The van der Waals surface area contributed by atoms with E-state index in [0.717, 1.165) is 30.3 Å². The lowest BCUT2D eigenvalue weighted by Gasteiger charge is -2.39. The SMILES string of the molecule is O=C(c1cc(O)ccc1O[C@@H]1O[C@H](CO)[C@@H](O)[C@H](O)[C@H]1O)c1c(O)cc(O)cc1O. The lowest BCUT2D eigenvalue weighted by Crippen LogP contribution is -2.60. The third-order valence-electron chi connectivity index (χ3n) is 4.61. The van der Waals surface area contributed by atoms with E-state index in [0.29, 0.717) is 0 Å². The van der Waals surface area contributed by atoms with E-state index in [2.05, 4.69) is 0 Å². The summed E-state index contributed by atoms with van der Waals surface area (Å²) in [5.41, 5.74) is -0.944. The number of phenols is 4. The van der Waals surface area contributed by atoms with Crippen LogP contribution in [0.5, 0.6) is 28.7 Å². The fourth-order valence-electron chi connectivity index (χ4n) is 3.05. The molecule has 30 heavy (non-hydrogen) atoms. The van der Waals surface area contributed by atoms with Crippen LogP contribution in [-0.4, -0.2) is 83.9 Å². The molecule has 2 aromatic rings. The van der Waals surface area contributed by atoms with Gasteiger partial charge in [-0.15, -0.1) is 0 Å². The quantitative estimate of drug-likeness (QED) is 0.272. The molecular formula is C19H20O11. The topological polar surface area (TPSA) is 197 Å². The van der Waals surface area contributed by atoms with Crippen LogP contribution in [0.15, 0.2) is 30.3 Å². The fraction of sp³-hybridized carbons (Fsp3) is 0.316. The van der Waals surface area contributed by atoms with Gasteiger partial charge in [-0.25, -0.2) is 0 Å². The van der Waals surface area contributed by atoms with E-state index in [4.69, 9.17) is 9.47 Å². The van der Waals surface area contributed by atoms with E-state index in [-0.39, 0.29) is 17.1 Å². The Balaban J connectivity index is 1.98. The maximum absolute atomic E-state index is 12.9. The molecule has 5 atom stereocenters. The molecule has 2 aromatic carbocycles. The molecule has 162 valence electrons. The summed E-state index contributed by atoms with van der Waals surface area (Å²) in [6.45, 7) is -0.693. The Morgan fingerprint density at radius 2 is 1.53 bits per heavy atom. The lowest BCUT2D eigenvalue weighted by molar-refractivity contribution is -0.277. The molecule has 8 N–H and O–H groups in total. The van der Waals surface area contributed by atoms with Gasteiger partial charge in [0.05, 0.1) is 12.2 Å². The molecule has 0 aliphatic carbocycles. The number of rotatable bonds is 5. The van der Waals surface area contributed by atoms with E-state index >= 15 is 0 Å². The van der Waals surface area contributed by atoms with Gasteiger partial charge in [-0.2, -0.15) is 0 Å². The standard InChI is InChI=1S/C19H20O11/c20-6-13-16(26)17(27)18(28)19(30-13)29-12-2-1-7(21)3-9(12)15(25)14-10(23)4-8(22)5-11(14)24/h1-5,13,16-24,26-28H,6H2/t13-,16-,17+,18-,19-/m1/s1. The first-order valence-corrected chi connectivity index (χ1v) is 8.73. The minimum atomic E-state index is -1.75. The number of benzene rings is 2. The third kappa shape index (κ3) is 3.97. The number of ketones is 1. The van der Waals surface area contributed by atoms with Gasteiger partial charge in [0.15, 0.2) is 0 Å². The van der Waals surface area contributed by atoms with Crippen LogP contribution >= 0.6 is 0 Å². The van der Waals surface area contributed by atoms with Crippen molar-refractivity contribution in [3.63, 3.8) is 0 Å². The second-order valence-electron chi connectivity index (χ2n) is 6.68. The molecular weight excluding hydrogens is 404 g/mol. The van der Waals surface area contributed by atoms with Gasteiger partial charge >= 0.3 is 0 Å². The highest BCUT2D eigenvalue weighted by molar-refractivity contribution is 6.14. The predicted molar refractivity (Wildman–Crippen MR) is 97.4 cm³/mol. The molecule has 11 heteroatoms. The highest BCUT2D eigenvalue weighted by Gasteiger charge is 2.45. The molecule has 1 aliphatic rings. The number of aliphatic hydroxyl groups is 4. The van der Waals surface area contributed by atoms with Crippen LogP contribution in [0.4, 0.5) is 0 Å². The Bertz CT molecular complexity index is 919. The van der Waals surface area contributed by atoms with Crippen molar-refractivity contribution < 1.29 is 55.1 Å². The number of carbonyl (C=O) groups excluding carboxylic acids is 1. The van der Waals surface area contributed by atoms with Gasteiger partial charge < -0.3 is 50.3 Å². The van der Waals surface area contributed by atoms with Crippen LogP contribution in [0.2, 0.25) is 0 Å². The van der Waals surface area contributed by atoms with Crippen LogP contribution in [0, 0.1) is 0 Å². The van der Waals surface area contributed by atoms with Crippen molar-refractivity contribution in [3.8, 4) is 28.7 Å². The summed E-state index contributed by atoms with van der Waals surface area (Å²) in [5, 5.41) is 78.2. The van der Waals surface area contributed by atoms with Crippen molar-refractivity contribution in [1.82, 2.24) is 0 Å². The summed E-state index contributed by atoms with van der Waals surface area (Å²) in [5.74, 6) is -3.60. The first-order chi connectivity index (χ1) is 14.1. The molecule has 1 heterocycles. The number of aromatic hydroxyl groups is 4. The molecule has 0 amide bonds. The molecule has 0 radical (unpaired) electrons. The van der Waals surface area contributed by atoms with E-state index in [1.54, 1.807) is 0 Å². The maximum atomic E-state index is 12.9. The van der Waals surface area contributed by atoms with Crippen LogP contribution < -0.4 is 4.74 Å². The van der Waals surface area contributed by atoms with E-state index < -0.39 is 65.9 Å². The van der Waals surface area contributed by atoms with Crippen LogP contribution in [0.3, 0.4) is 0 Å². The Labute approximate surface area is 169 Å². The zero-order valence-corrected chi connectivity index (χ0v) is 15.3. The largest absolute Gasteiger partial charge is 0.508 e. The van der Waals surface area contributed by atoms with Gasteiger partial charge in [0.25, 0.3) is 0 Å². The number of hydrogen-bond donors (Lipinski definition) is 8. The maximum Gasteiger partial charge on any atom is 0.229 e. The van der Waals surface area contributed by atoms with Crippen LogP contribution in [-0.2, 0) is 4.74 Å². The van der Waals surface area contributed by atoms with Crippen molar-refractivity contribution in [1.29, 1.82) is 0 Å². The fourth-order valence-corrected chi connectivity index (χ4v) is 3.05. The number of carbonyl (C=O) groups is 1. The monoisotopic (exact) mass is 424 g/mol. The van der Waals surface area contributed by atoms with Crippen LogP contribution in [0.1, 0.15) is 15.9 Å². The predicted octanol–water partition coefficient (Wildman–Crippen LogP) is -1.08. The van der Waals surface area contributed by atoms with Gasteiger partial charge in [0.1, 0.15) is 58.7 Å². The average molecular weight is 424 g/mol. The van der Waals surface area contributed by atoms with Gasteiger partial charge in [-0.3, -0.25) is 4.79 Å². The molecule has 0 unspecified atom stereocenters. The Kier molecular flexibility index (Phi) is 6.01. The van der Waals surface area contributed by atoms with Gasteiger partial charge in [-0.05, 0) is 18.2 Å². The van der Waals surface area contributed by atoms with Crippen molar-refractivity contribution in [3.05, 3.63) is 41.5 Å². The summed E-state index contributed by atoms with van der Waals surface area (Å²) in [7, 11) is 0. The van der Waals surface area contributed by atoms with Gasteiger partial charge in [0, 0.05) is 12.1 Å². The number of ether oxygens (including phenoxy) is 2. The molecule has 3 rings (SSSR count). The average Bonchev–Trinajstić information content (AvgIpc) is 2.68. The van der Waals surface area contributed by atoms with Crippen molar-refractivity contribution in [2.75, 3.05) is 6.61 Å².